The van der Waals surface area contributed by atoms with Gasteiger partial charge in [-0.05, 0) is 37.8 Å². The highest BCUT2D eigenvalue weighted by molar-refractivity contribution is 7.22. The highest BCUT2D eigenvalue weighted by atomic mass is 32.1. The van der Waals surface area contributed by atoms with Crippen molar-refractivity contribution < 1.29 is 14.3 Å². The number of hydrogen-bond acceptors (Lipinski definition) is 6. The summed E-state index contributed by atoms with van der Waals surface area (Å²) in [6.45, 7) is 4.84. The number of rotatable bonds is 5. The number of benzene rings is 1. The van der Waals surface area contributed by atoms with Crippen LogP contribution in [0.25, 0.3) is 20.7 Å². The second-order valence-electron chi connectivity index (χ2n) is 7.71. The molecule has 1 saturated heterocycles. The summed E-state index contributed by atoms with van der Waals surface area (Å²) >= 11 is 1.48. The van der Waals surface area contributed by atoms with E-state index in [4.69, 9.17) is 4.74 Å². The molecule has 1 fully saturated rings. The summed E-state index contributed by atoms with van der Waals surface area (Å²) in [5, 5.41) is 0.558. The van der Waals surface area contributed by atoms with Crippen LogP contribution < -0.4 is 5.56 Å². The maximum atomic E-state index is 13.2. The number of piperidine rings is 1. The molecule has 0 bridgehead atoms. The van der Waals surface area contributed by atoms with Gasteiger partial charge in [-0.25, -0.2) is 4.98 Å². The first-order chi connectivity index (χ1) is 15.0. The Morgan fingerprint density at radius 1 is 1.26 bits per heavy atom. The molecule has 8 heteroatoms. The monoisotopic (exact) mass is 439 g/mol. The maximum absolute atomic E-state index is 13.2. The van der Waals surface area contributed by atoms with Crippen molar-refractivity contribution in [1.82, 2.24) is 14.5 Å². The number of hydrogen-bond donors (Lipinski definition) is 0. The Morgan fingerprint density at radius 3 is 2.77 bits per heavy atom. The van der Waals surface area contributed by atoms with E-state index in [1.165, 1.54) is 22.2 Å². The lowest BCUT2D eigenvalue weighted by atomic mass is 9.98. The Hall–Kier alpha value is -3.00. The van der Waals surface area contributed by atoms with Crippen molar-refractivity contribution in [1.29, 1.82) is 0 Å². The second kappa shape index (κ2) is 9.01. The Morgan fingerprint density at radius 2 is 2.03 bits per heavy atom. The molecule has 1 aliphatic rings. The quantitative estimate of drug-likeness (QED) is 0.570. The molecule has 0 N–H and O–H groups in total. The van der Waals surface area contributed by atoms with Crippen molar-refractivity contribution in [2.24, 2.45) is 5.92 Å². The van der Waals surface area contributed by atoms with Gasteiger partial charge in [-0.1, -0.05) is 30.3 Å². The molecular formula is C23H25N3O4S. The molecule has 3 aromatic rings. The molecule has 162 valence electrons. The van der Waals surface area contributed by atoms with Gasteiger partial charge in [0.2, 0.25) is 5.91 Å². The highest BCUT2D eigenvalue weighted by Crippen LogP contribution is 2.35. The van der Waals surface area contributed by atoms with Crippen molar-refractivity contribution in [3.05, 3.63) is 52.6 Å². The van der Waals surface area contributed by atoms with Gasteiger partial charge in [-0.15, -0.1) is 11.3 Å². The number of esters is 1. The summed E-state index contributed by atoms with van der Waals surface area (Å²) < 4.78 is 6.47. The Balaban J connectivity index is 1.57. The minimum Gasteiger partial charge on any atom is -0.466 e. The number of ether oxygens (including phenoxy) is 1. The number of nitrogens with zero attached hydrogens (tertiary/aromatic N) is 3. The number of carbonyl (C=O) groups excluding carboxylic acids is 2. The third-order valence-electron chi connectivity index (χ3n) is 5.65. The predicted molar refractivity (Wildman–Crippen MR) is 120 cm³/mol. The number of aromatic nitrogens is 2. The lowest BCUT2D eigenvalue weighted by molar-refractivity contribution is -0.151. The van der Waals surface area contributed by atoms with Crippen molar-refractivity contribution in [2.45, 2.75) is 33.2 Å². The van der Waals surface area contributed by atoms with E-state index >= 15 is 0 Å². The normalized spacial score (nSPS) is 16.5. The number of thiophene rings is 1. The topological polar surface area (TPSA) is 81.5 Å². The van der Waals surface area contributed by atoms with Crippen LogP contribution in [0.3, 0.4) is 0 Å². The molecule has 1 aliphatic heterocycles. The third kappa shape index (κ3) is 4.25. The summed E-state index contributed by atoms with van der Waals surface area (Å²) in [6.07, 6.45) is 2.90. The van der Waals surface area contributed by atoms with Gasteiger partial charge in [-0.2, -0.15) is 0 Å². The molecule has 0 spiro atoms. The molecule has 31 heavy (non-hydrogen) atoms. The fourth-order valence-corrected chi connectivity index (χ4v) is 5.18. The van der Waals surface area contributed by atoms with Crippen LogP contribution in [-0.4, -0.2) is 46.0 Å². The largest absolute Gasteiger partial charge is 0.466 e. The van der Waals surface area contributed by atoms with Gasteiger partial charge in [-0.3, -0.25) is 19.0 Å². The highest BCUT2D eigenvalue weighted by Gasteiger charge is 2.29. The van der Waals surface area contributed by atoms with Crippen LogP contribution >= 0.6 is 11.3 Å². The zero-order valence-corrected chi connectivity index (χ0v) is 18.5. The van der Waals surface area contributed by atoms with Crippen LogP contribution in [0, 0.1) is 12.8 Å². The molecule has 1 amide bonds. The number of amides is 1. The van der Waals surface area contributed by atoms with E-state index in [2.05, 4.69) is 4.98 Å². The second-order valence-corrected chi connectivity index (χ2v) is 8.71. The van der Waals surface area contributed by atoms with E-state index in [1.54, 1.807) is 11.8 Å². The molecule has 2 aromatic heterocycles. The van der Waals surface area contributed by atoms with E-state index in [-0.39, 0.29) is 29.9 Å². The van der Waals surface area contributed by atoms with Gasteiger partial charge >= 0.3 is 5.97 Å². The summed E-state index contributed by atoms with van der Waals surface area (Å²) in [6, 6.07) is 9.90. The van der Waals surface area contributed by atoms with Crippen LogP contribution in [0.2, 0.25) is 0 Å². The van der Waals surface area contributed by atoms with Gasteiger partial charge in [0.05, 0.1) is 24.2 Å². The minimum atomic E-state index is -0.303. The van der Waals surface area contributed by atoms with Crippen molar-refractivity contribution in [3.8, 4) is 10.4 Å². The van der Waals surface area contributed by atoms with Crippen LogP contribution in [-0.2, 0) is 20.9 Å². The number of carbonyl (C=O) groups is 2. The minimum absolute atomic E-state index is 0.0900. The van der Waals surface area contributed by atoms with E-state index in [0.29, 0.717) is 36.3 Å². The number of fused-ring (bicyclic) bond motifs is 1. The lowest BCUT2D eigenvalue weighted by Gasteiger charge is -2.31. The standard InChI is InChI=1S/C23H25N3O4S/c1-3-30-23(29)17-10-7-11-25(12-17)18(27)13-26-14-24-21-19(22(26)28)15(2)20(31-21)16-8-5-4-6-9-16/h4-6,8-9,14,17H,3,7,10-13H2,1-2H3/t17-/m1/s1. The fourth-order valence-electron chi connectivity index (χ4n) is 4.04. The Labute approximate surface area is 184 Å². The van der Waals surface area contributed by atoms with Gasteiger partial charge in [0.1, 0.15) is 11.4 Å². The molecule has 3 heterocycles. The number of likely N-dealkylation sites (tertiary alicyclic amines) is 1. The summed E-state index contributed by atoms with van der Waals surface area (Å²) in [7, 11) is 0. The first-order valence-corrected chi connectivity index (χ1v) is 11.3. The van der Waals surface area contributed by atoms with Crippen LogP contribution in [0.1, 0.15) is 25.3 Å². The van der Waals surface area contributed by atoms with E-state index < -0.39 is 0 Å². The molecule has 4 rings (SSSR count). The Bertz CT molecular complexity index is 1170. The zero-order valence-electron chi connectivity index (χ0n) is 17.7. The molecule has 0 unspecified atom stereocenters. The summed E-state index contributed by atoms with van der Waals surface area (Å²) in [4.78, 5) is 45.9. The van der Waals surface area contributed by atoms with Gasteiger partial charge in [0.25, 0.3) is 5.56 Å². The van der Waals surface area contributed by atoms with Crippen LogP contribution in [0.5, 0.6) is 0 Å². The summed E-state index contributed by atoms with van der Waals surface area (Å²) in [5.41, 5.74) is 1.71. The molecule has 1 aromatic carbocycles. The fraction of sp³-hybridized carbons (Fsp3) is 0.391. The smallest absolute Gasteiger partial charge is 0.310 e. The number of aryl methyl sites for hydroxylation is 1. The van der Waals surface area contributed by atoms with Crippen molar-refractivity contribution in [3.63, 3.8) is 0 Å². The molecule has 1 atom stereocenters. The predicted octanol–water partition coefficient (Wildman–Crippen LogP) is 3.24. The molecule has 0 saturated carbocycles. The van der Waals surface area contributed by atoms with E-state index in [9.17, 15) is 14.4 Å². The first kappa shape index (κ1) is 21.2. The maximum Gasteiger partial charge on any atom is 0.310 e. The lowest BCUT2D eigenvalue weighted by Crippen LogP contribution is -2.45. The zero-order chi connectivity index (χ0) is 22.0. The van der Waals surface area contributed by atoms with Gasteiger partial charge in [0, 0.05) is 18.0 Å². The summed E-state index contributed by atoms with van der Waals surface area (Å²) in [5.74, 6) is -0.751. The average Bonchev–Trinajstić information content (AvgIpc) is 3.13. The molecule has 0 radical (unpaired) electrons. The van der Waals surface area contributed by atoms with E-state index in [0.717, 1.165) is 22.4 Å². The van der Waals surface area contributed by atoms with Crippen molar-refractivity contribution in [2.75, 3.05) is 19.7 Å². The van der Waals surface area contributed by atoms with Crippen LogP contribution in [0.4, 0.5) is 0 Å². The molecular weight excluding hydrogens is 414 g/mol. The molecule has 0 aliphatic carbocycles. The molecule has 7 nitrogen and oxygen atoms in total. The van der Waals surface area contributed by atoms with Gasteiger partial charge in [0.15, 0.2) is 0 Å². The first-order valence-electron chi connectivity index (χ1n) is 10.5. The van der Waals surface area contributed by atoms with Gasteiger partial charge < -0.3 is 9.64 Å². The SMILES string of the molecule is CCOC(=O)[C@@H]1CCCN(C(=O)Cn2cnc3sc(-c4ccccc4)c(C)c3c2=O)C1. The average molecular weight is 440 g/mol. The van der Waals surface area contributed by atoms with Crippen molar-refractivity contribution >= 4 is 33.4 Å². The third-order valence-corrected chi connectivity index (χ3v) is 6.90. The van der Waals surface area contributed by atoms with E-state index in [1.807, 2.05) is 37.3 Å². The van der Waals surface area contributed by atoms with Crippen LogP contribution in [0.15, 0.2) is 41.5 Å². The Kier molecular flexibility index (Phi) is 6.18.